The number of rotatable bonds is 10. The summed E-state index contributed by atoms with van der Waals surface area (Å²) in [7, 11) is 2.06. The van der Waals surface area contributed by atoms with Gasteiger partial charge in [-0.05, 0) is 51.6 Å². The Bertz CT molecular complexity index is 288. The van der Waals surface area contributed by atoms with Crippen molar-refractivity contribution in [2.75, 3.05) is 20.1 Å². The minimum absolute atomic E-state index is 0.299. The van der Waals surface area contributed by atoms with Crippen LogP contribution in [0.5, 0.6) is 0 Å². The van der Waals surface area contributed by atoms with Gasteiger partial charge in [-0.25, -0.2) is 0 Å². The van der Waals surface area contributed by atoms with Gasteiger partial charge in [0.25, 0.3) is 0 Å². The molecule has 1 atom stereocenters. The van der Waals surface area contributed by atoms with Crippen LogP contribution in [0.2, 0.25) is 0 Å². The van der Waals surface area contributed by atoms with Crippen molar-refractivity contribution in [1.82, 2.24) is 10.2 Å². The van der Waals surface area contributed by atoms with Crippen molar-refractivity contribution in [3.63, 3.8) is 0 Å². The molecule has 0 bridgehead atoms. The molecule has 112 valence electrons. The first-order valence-corrected chi connectivity index (χ1v) is 7.70. The van der Waals surface area contributed by atoms with E-state index in [9.17, 15) is 9.90 Å². The van der Waals surface area contributed by atoms with E-state index in [1.54, 1.807) is 0 Å². The van der Waals surface area contributed by atoms with Gasteiger partial charge < -0.3 is 15.3 Å². The number of carboxylic acid groups (broad SMARTS) is 1. The Morgan fingerprint density at radius 3 is 2.32 bits per heavy atom. The van der Waals surface area contributed by atoms with Crippen LogP contribution in [-0.4, -0.2) is 47.7 Å². The van der Waals surface area contributed by atoms with E-state index in [-0.39, 0.29) is 0 Å². The molecule has 0 heterocycles. The van der Waals surface area contributed by atoms with Gasteiger partial charge in [-0.2, -0.15) is 0 Å². The Labute approximate surface area is 117 Å². The molecule has 0 aromatic heterocycles. The predicted octanol–water partition coefficient (Wildman–Crippen LogP) is 2.34. The van der Waals surface area contributed by atoms with Crippen LogP contribution in [0.4, 0.5) is 0 Å². The van der Waals surface area contributed by atoms with Gasteiger partial charge in [0.2, 0.25) is 0 Å². The molecule has 1 unspecified atom stereocenters. The van der Waals surface area contributed by atoms with Crippen molar-refractivity contribution >= 4 is 5.97 Å². The molecule has 1 aliphatic carbocycles. The fourth-order valence-corrected chi connectivity index (χ4v) is 3.01. The highest BCUT2D eigenvalue weighted by Crippen LogP contribution is 2.40. The highest BCUT2D eigenvalue weighted by atomic mass is 16.4. The Hall–Kier alpha value is -0.610. The first-order valence-electron chi connectivity index (χ1n) is 7.70. The van der Waals surface area contributed by atoms with E-state index in [1.165, 1.54) is 0 Å². The number of carbonyl (C=O) groups is 1. The van der Waals surface area contributed by atoms with Crippen LogP contribution < -0.4 is 5.32 Å². The number of hydrogen-bond donors (Lipinski definition) is 2. The van der Waals surface area contributed by atoms with Gasteiger partial charge in [0.1, 0.15) is 5.54 Å². The number of nitrogens with zero attached hydrogens (tertiary/aromatic N) is 1. The van der Waals surface area contributed by atoms with E-state index in [2.05, 4.69) is 38.0 Å². The monoisotopic (exact) mass is 270 g/mol. The zero-order chi connectivity index (χ0) is 14.5. The molecule has 0 amide bonds. The molecule has 0 aromatic carbocycles. The van der Waals surface area contributed by atoms with Gasteiger partial charge in [-0.1, -0.05) is 20.8 Å². The van der Waals surface area contributed by atoms with Gasteiger partial charge in [-0.3, -0.25) is 4.79 Å². The summed E-state index contributed by atoms with van der Waals surface area (Å²) < 4.78 is 0. The van der Waals surface area contributed by atoms with Gasteiger partial charge in [0, 0.05) is 12.6 Å². The maximum atomic E-state index is 11.9. The van der Waals surface area contributed by atoms with Gasteiger partial charge in [0.05, 0.1) is 0 Å². The number of aliphatic carboxylic acids is 1. The molecule has 1 fully saturated rings. The summed E-state index contributed by atoms with van der Waals surface area (Å²) in [4.78, 5) is 14.1. The molecule has 4 heteroatoms. The van der Waals surface area contributed by atoms with Gasteiger partial charge >= 0.3 is 5.97 Å². The lowest BCUT2D eigenvalue weighted by Crippen LogP contribution is -2.61. The first kappa shape index (κ1) is 16.4. The number of carboxylic acids is 1. The average Bonchev–Trinajstić information content (AvgIpc) is 3.20. The fraction of sp³-hybridized carbons (Fsp3) is 0.933. The van der Waals surface area contributed by atoms with E-state index >= 15 is 0 Å². The van der Waals surface area contributed by atoms with Crippen molar-refractivity contribution in [3.05, 3.63) is 0 Å². The smallest absolute Gasteiger partial charge is 0.325 e. The minimum atomic E-state index is -0.743. The molecule has 1 rings (SSSR count). The molecule has 0 aliphatic heterocycles. The lowest BCUT2D eigenvalue weighted by atomic mass is 9.91. The van der Waals surface area contributed by atoms with Crippen molar-refractivity contribution in [2.24, 2.45) is 5.92 Å². The van der Waals surface area contributed by atoms with Crippen LogP contribution in [0.3, 0.4) is 0 Å². The summed E-state index contributed by atoms with van der Waals surface area (Å²) in [6, 6.07) is 0.473. The van der Waals surface area contributed by atoms with E-state index in [4.69, 9.17) is 0 Å². The molecular formula is C15H30N2O2. The summed E-state index contributed by atoms with van der Waals surface area (Å²) in [6.45, 7) is 7.81. The third-order valence-electron chi connectivity index (χ3n) is 4.41. The summed E-state index contributed by atoms with van der Waals surface area (Å²) in [6.07, 6.45) is 5.19. The maximum absolute atomic E-state index is 11.9. The molecule has 2 N–H and O–H groups in total. The molecular weight excluding hydrogens is 240 g/mol. The SMILES string of the molecule is CCCNC(CN(C)C(CC)CC)(C(=O)O)C1CC1. The van der Waals surface area contributed by atoms with Crippen LogP contribution >= 0.6 is 0 Å². The highest BCUT2D eigenvalue weighted by molar-refractivity contribution is 5.80. The van der Waals surface area contributed by atoms with Crippen LogP contribution in [-0.2, 0) is 4.79 Å². The highest BCUT2D eigenvalue weighted by Gasteiger charge is 2.51. The molecule has 4 nitrogen and oxygen atoms in total. The lowest BCUT2D eigenvalue weighted by Gasteiger charge is -2.37. The molecule has 0 spiro atoms. The second kappa shape index (κ2) is 7.25. The normalized spacial score (nSPS) is 18.8. The van der Waals surface area contributed by atoms with Crippen molar-refractivity contribution in [1.29, 1.82) is 0 Å². The van der Waals surface area contributed by atoms with E-state index in [0.717, 1.165) is 38.6 Å². The van der Waals surface area contributed by atoms with Gasteiger partial charge in [0.15, 0.2) is 0 Å². The van der Waals surface area contributed by atoms with E-state index in [1.807, 2.05) is 0 Å². The van der Waals surface area contributed by atoms with Crippen molar-refractivity contribution in [2.45, 2.75) is 64.5 Å². The van der Waals surface area contributed by atoms with Crippen molar-refractivity contribution < 1.29 is 9.90 Å². The number of likely N-dealkylation sites (N-methyl/N-ethyl adjacent to an activating group) is 1. The van der Waals surface area contributed by atoms with Crippen LogP contribution in [0.1, 0.15) is 52.9 Å². The standard InChI is InChI=1S/C15H30N2O2/c1-5-10-16-15(14(18)19,12-8-9-12)11-17(4)13(6-2)7-3/h12-13,16H,5-11H2,1-4H3,(H,18,19). The number of hydrogen-bond acceptors (Lipinski definition) is 3. The van der Waals surface area contributed by atoms with E-state index in [0.29, 0.717) is 18.5 Å². The zero-order valence-corrected chi connectivity index (χ0v) is 12.9. The Balaban J connectivity index is 2.80. The predicted molar refractivity (Wildman–Crippen MR) is 78.4 cm³/mol. The lowest BCUT2D eigenvalue weighted by molar-refractivity contribution is -0.147. The summed E-state index contributed by atoms with van der Waals surface area (Å²) in [5.74, 6) is -0.380. The van der Waals surface area contributed by atoms with Crippen LogP contribution in [0.25, 0.3) is 0 Å². The number of nitrogens with one attached hydrogen (secondary N) is 1. The second-order valence-corrected chi connectivity index (χ2v) is 5.86. The third kappa shape index (κ3) is 3.93. The summed E-state index contributed by atoms with van der Waals surface area (Å²) in [5, 5.41) is 13.1. The van der Waals surface area contributed by atoms with Crippen molar-refractivity contribution in [3.8, 4) is 0 Å². The van der Waals surface area contributed by atoms with Gasteiger partial charge in [-0.15, -0.1) is 0 Å². The molecule has 0 saturated heterocycles. The summed E-state index contributed by atoms with van der Waals surface area (Å²) >= 11 is 0. The molecule has 19 heavy (non-hydrogen) atoms. The zero-order valence-electron chi connectivity index (χ0n) is 12.9. The largest absolute Gasteiger partial charge is 0.480 e. The third-order valence-corrected chi connectivity index (χ3v) is 4.41. The topological polar surface area (TPSA) is 52.6 Å². The molecule has 0 radical (unpaired) electrons. The summed E-state index contributed by atoms with van der Waals surface area (Å²) in [5.41, 5.74) is -0.743. The second-order valence-electron chi connectivity index (χ2n) is 5.86. The van der Waals surface area contributed by atoms with Crippen LogP contribution in [0.15, 0.2) is 0 Å². The Morgan fingerprint density at radius 2 is 1.95 bits per heavy atom. The maximum Gasteiger partial charge on any atom is 0.325 e. The quantitative estimate of drug-likeness (QED) is 0.640. The van der Waals surface area contributed by atoms with E-state index < -0.39 is 11.5 Å². The average molecular weight is 270 g/mol. The molecule has 1 saturated carbocycles. The Morgan fingerprint density at radius 1 is 1.37 bits per heavy atom. The molecule has 1 aliphatic rings. The van der Waals surface area contributed by atoms with Crippen LogP contribution in [0, 0.1) is 5.92 Å². The Kier molecular flexibility index (Phi) is 6.27. The minimum Gasteiger partial charge on any atom is -0.480 e. The first-order chi connectivity index (χ1) is 9.01. The fourth-order valence-electron chi connectivity index (χ4n) is 3.01. The molecule has 0 aromatic rings.